The van der Waals surface area contributed by atoms with E-state index in [1.54, 1.807) is 19.1 Å². The summed E-state index contributed by atoms with van der Waals surface area (Å²) in [5.41, 5.74) is 0.697. The third kappa shape index (κ3) is 3.11. The Morgan fingerprint density at radius 2 is 2.05 bits per heavy atom. The van der Waals surface area contributed by atoms with Gasteiger partial charge in [0, 0.05) is 30.3 Å². The van der Waals surface area contributed by atoms with E-state index in [9.17, 15) is 14.9 Å². The molecule has 0 unspecified atom stereocenters. The predicted molar refractivity (Wildman–Crippen MR) is 78.7 cm³/mol. The lowest BCUT2D eigenvalue weighted by atomic mass is 10.1. The van der Waals surface area contributed by atoms with Gasteiger partial charge in [-0.3, -0.25) is 20.2 Å². The summed E-state index contributed by atoms with van der Waals surface area (Å²) >= 11 is 5.16. The van der Waals surface area contributed by atoms with Crippen LogP contribution in [0.3, 0.4) is 0 Å². The van der Waals surface area contributed by atoms with Crippen LogP contribution < -0.4 is 5.32 Å². The number of nitro benzene ring substituents is 1. The van der Waals surface area contributed by atoms with E-state index in [1.807, 2.05) is 4.90 Å². The second kappa shape index (κ2) is 5.96. The molecule has 1 aliphatic heterocycles. The topological polar surface area (TPSA) is 75.5 Å². The quantitative estimate of drug-likeness (QED) is 0.513. The molecule has 1 aromatic rings. The Balaban J connectivity index is 2.11. The Morgan fingerprint density at radius 3 is 2.65 bits per heavy atom. The predicted octanol–water partition coefficient (Wildman–Crippen LogP) is 2.01. The van der Waals surface area contributed by atoms with Crippen molar-refractivity contribution in [2.45, 2.75) is 19.8 Å². The highest BCUT2D eigenvalue weighted by Crippen LogP contribution is 2.19. The Morgan fingerprint density at radius 1 is 1.40 bits per heavy atom. The molecule has 7 heteroatoms. The number of likely N-dealkylation sites (tertiary alicyclic amines) is 1. The van der Waals surface area contributed by atoms with Gasteiger partial charge in [-0.05, 0) is 38.0 Å². The van der Waals surface area contributed by atoms with E-state index in [-0.39, 0.29) is 11.3 Å². The molecule has 1 heterocycles. The molecule has 0 atom stereocenters. The minimum absolute atomic E-state index is 0.0651. The van der Waals surface area contributed by atoms with Crippen molar-refractivity contribution in [2.24, 2.45) is 0 Å². The number of hydrogen-bond acceptors (Lipinski definition) is 4. The molecule has 2 rings (SSSR count). The molecule has 106 valence electrons. The van der Waals surface area contributed by atoms with E-state index in [0.29, 0.717) is 10.7 Å². The second-order valence-corrected chi connectivity index (χ2v) is 5.10. The SMILES string of the molecule is Cc1ccc(C(=O)NC(=S)N2CCCC2)cc1[N+](=O)[O-]. The number of amides is 1. The van der Waals surface area contributed by atoms with Crippen LogP contribution in [0.4, 0.5) is 5.69 Å². The first-order chi connectivity index (χ1) is 9.49. The molecule has 0 spiro atoms. The monoisotopic (exact) mass is 293 g/mol. The molecule has 1 aromatic carbocycles. The van der Waals surface area contributed by atoms with Crippen molar-refractivity contribution in [3.63, 3.8) is 0 Å². The van der Waals surface area contributed by atoms with Crippen LogP contribution in [0, 0.1) is 17.0 Å². The molecule has 1 saturated heterocycles. The third-order valence-corrected chi connectivity index (χ3v) is 3.64. The van der Waals surface area contributed by atoms with Gasteiger partial charge >= 0.3 is 0 Å². The zero-order valence-corrected chi connectivity index (χ0v) is 11.9. The molecular weight excluding hydrogens is 278 g/mol. The average Bonchev–Trinajstić information content (AvgIpc) is 2.92. The molecule has 1 fully saturated rings. The molecular formula is C13H15N3O3S. The van der Waals surface area contributed by atoms with Crippen LogP contribution in [0.2, 0.25) is 0 Å². The van der Waals surface area contributed by atoms with Crippen molar-refractivity contribution in [2.75, 3.05) is 13.1 Å². The van der Waals surface area contributed by atoms with Gasteiger partial charge in [-0.1, -0.05) is 6.07 Å². The van der Waals surface area contributed by atoms with Gasteiger partial charge in [0.1, 0.15) is 0 Å². The number of thiocarbonyl (C=S) groups is 1. The summed E-state index contributed by atoms with van der Waals surface area (Å²) in [6.07, 6.45) is 2.12. The van der Waals surface area contributed by atoms with Gasteiger partial charge in [-0.25, -0.2) is 0 Å². The van der Waals surface area contributed by atoms with Gasteiger partial charge < -0.3 is 4.90 Å². The van der Waals surface area contributed by atoms with E-state index in [4.69, 9.17) is 12.2 Å². The summed E-state index contributed by atoms with van der Waals surface area (Å²) in [5, 5.41) is 13.9. The summed E-state index contributed by atoms with van der Waals surface area (Å²) < 4.78 is 0. The number of nitrogens with one attached hydrogen (secondary N) is 1. The molecule has 0 radical (unpaired) electrons. The Kier molecular flexibility index (Phi) is 4.29. The Labute approximate surface area is 121 Å². The second-order valence-electron chi connectivity index (χ2n) is 4.71. The van der Waals surface area contributed by atoms with Gasteiger partial charge in [-0.2, -0.15) is 0 Å². The number of carbonyl (C=O) groups is 1. The Bertz CT molecular complexity index is 568. The number of hydrogen-bond donors (Lipinski definition) is 1. The number of carbonyl (C=O) groups excluding carboxylic acids is 1. The van der Waals surface area contributed by atoms with Crippen molar-refractivity contribution >= 4 is 28.9 Å². The molecule has 0 aliphatic carbocycles. The highest BCUT2D eigenvalue weighted by atomic mass is 32.1. The fourth-order valence-electron chi connectivity index (χ4n) is 2.12. The van der Waals surface area contributed by atoms with Gasteiger partial charge in [0.25, 0.3) is 11.6 Å². The standard InChI is InChI=1S/C13H15N3O3S/c1-9-4-5-10(8-11(9)16(18)19)12(17)14-13(20)15-6-2-3-7-15/h4-5,8H,2-3,6-7H2,1H3,(H,14,17,20). The first-order valence-electron chi connectivity index (χ1n) is 6.34. The van der Waals surface area contributed by atoms with Crippen LogP contribution in [-0.2, 0) is 0 Å². The van der Waals surface area contributed by atoms with Gasteiger partial charge in [0.2, 0.25) is 0 Å². The van der Waals surface area contributed by atoms with Crippen molar-refractivity contribution in [1.82, 2.24) is 10.2 Å². The maximum atomic E-state index is 12.1. The van der Waals surface area contributed by atoms with Crippen molar-refractivity contribution in [1.29, 1.82) is 0 Å². The molecule has 6 nitrogen and oxygen atoms in total. The minimum atomic E-state index is -0.495. The van der Waals surface area contributed by atoms with Crippen molar-refractivity contribution in [3.8, 4) is 0 Å². The lowest BCUT2D eigenvalue weighted by Gasteiger charge is -2.18. The van der Waals surface area contributed by atoms with Crippen LogP contribution in [0.1, 0.15) is 28.8 Å². The van der Waals surface area contributed by atoms with Crippen LogP contribution in [0.5, 0.6) is 0 Å². The van der Waals surface area contributed by atoms with Crippen molar-refractivity contribution in [3.05, 3.63) is 39.4 Å². The first kappa shape index (κ1) is 14.4. The summed E-state index contributed by atoms with van der Waals surface area (Å²) in [6, 6.07) is 4.40. The number of aryl methyl sites for hydroxylation is 1. The zero-order chi connectivity index (χ0) is 14.7. The molecule has 0 bridgehead atoms. The largest absolute Gasteiger partial charge is 0.349 e. The lowest BCUT2D eigenvalue weighted by Crippen LogP contribution is -2.41. The summed E-state index contributed by atoms with van der Waals surface area (Å²) in [4.78, 5) is 24.3. The summed E-state index contributed by atoms with van der Waals surface area (Å²) in [7, 11) is 0. The van der Waals surface area contributed by atoms with Crippen molar-refractivity contribution < 1.29 is 9.72 Å². The molecule has 0 saturated carbocycles. The fraction of sp³-hybridized carbons (Fsp3) is 0.385. The van der Waals surface area contributed by atoms with Crippen LogP contribution in [-0.4, -0.2) is 33.9 Å². The summed E-state index contributed by atoms with van der Waals surface area (Å²) in [6.45, 7) is 3.31. The van der Waals surface area contributed by atoms with Crippen LogP contribution in [0.25, 0.3) is 0 Å². The molecule has 1 amide bonds. The maximum absolute atomic E-state index is 12.1. The Hall–Kier alpha value is -2.02. The molecule has 20 heavy (non-hydrogen) atoms. The van der Waals surface area contributed by atoms with Crippen LogP contribution >= 0.6 is 12.2 Å². The molecule has 0 aromatic heterocycles. The lowest BCUT2D eigenvalue weighted by molar-refractivity contribution is -0.385. The number of nitrogens with zero attached hydrogens (tertiary/aromatic N) is 2. The molecule has 1 N–H and O–H groups in total. The minimum Gasteiger partial charge on any atom is -0.349 e. The smallest absolute Gasteiger partial charge is 0.273 e. The normalized spacial score (nSPS) is 14.2. The van der Waals surface area contributed by atoms with E-state index in [2.05, 4.69) is 5.32 Å². The van der Waals surface area contributed by atoms with E-state index < -0.39 is 10.8 Å². The first-order valence-corrected chi connectivity index (χ1v) is 6.75. The number of benzene rings is 1. The molecule has 1 aliphatic rings. The highest BCUT2D eigenvalue weighted by molar-refractivity contribution is 7.80. The van der Waals surface area contributed by atoms with E-state index >= 15 is 0 Å². The number of nitro groups is 1. The summed E-state index contributed by atoms with van der Waals surface area (Å²) in [5.74, 6) is -0.412. The average molecular weight is 293 g/mol. The van der Waals surface area contributed by atoms with E-state index in [1.165, 1.54) is 6.07 Å². The highest BCUT2D eigenvalue weighted by Gasteiger charge is 2.19. The number of rotatable bonds is 2. The maximum Gasteiger partial charge on any atom is 0.273 e. The van der Waals surface area contributed by atoms with Crippen LogP contribution in [0.15, 0.2) is 18.2 Å². The zero-order valence-electron chi connectivity index (χ0n) is 11.1. The van der Waals surface area contributed by atoms with Gasteiger partial charge in [0.15, 0.2) is 5.11 Å². The van der Waals surface area contributed by atoms with E-state index in [0.717, 1.165) is 25.9 Å². The third-order valence-electron chi connectivity index (χ3n) is 3.28. The van der Waals surface area contributed by atoms with Gasteiger partial charge in [0.05, 0.1) is 4.92 Å². The fourth-order valence-corrected chi connectivity index (χ4v) is 2.39. The van der Waals surface area contributed by atoms with Gasteiger partial charge in [-0.15, -0.1) is 0 Å².